The highest BCUT2D eigenvalue weighted by Gasteiger charge is 1.96. The minimum Gasteiger partial charge on any atom is -0.398 e. The van der Waals surface area contributed by atoms with Crippen LogP contribution in [-0.2, 0) is 13.1 Å². The number of anilines is 1. The molecule has 5 heteroatoms. The number of nitrogen functional groups attached to an aromatic ring is 1. The molecule has 0 unspecified atom stereocenters. The van der Waals surface area contributed by atoms with E-state index in [-0.39, 0.29) is 5.56 Å². The van der Waals surface area contributed by atoms with Crippen molar-refractivity contribution in [2.75, 3.05) is 5.73 Å². The molecule has 0 spiro atoms. The lowest BCUT2D eigenvalue weighted by Crippen LogP contribution is -2.19. The van der Waals surface area contributed by atoms with Crippen molar-refractivity contribution < 1.29 is 0 Å². The first-order valence-corrected chi connectivity index (χ1v) is 5.17. The van der Waals surface area contributed by atoms with Crippen LogP contribution in [0.2, 0.25) is 0 Å². The molecule has 2 aromatic rings. The first-order valence-electron chi connectivity index (χ1n) is 5.17. The predicted molar refractivity (Wildman–Crippen MR) is 62.0 cm³/mol. The molecule has 0 fully saturated rings. The van der Waals surface area contributed by atoms with Gasteiger partial charge in [0.05, 0.1) is 6.33 Å². The summed E-state index contributed by atoms with van der Waals surface area (Å²) in [4.78, 5) is 15.4. The molecule has 0 aliphatic heterocycles. The van der Waals surface area contributed by atoms with Crippen LogP contribution in [0.4, 0.5) is 5.69 Å². The van der Waals surface area contributed by atoms with Crippen molar-refractivity contribution in [1.29, 1.82) is 0 Å². The molecule has 0 aromatic carbocycles. The van der Waals surface area contributed by atoms with Gasteiger partial charge in [0, 0.05) is 43.4 Å². The van der Waals surface area contributed by atoms with Gasteiger partial charge >= 0.3 is 0 Å². The summed E-state index contributed by atoms with van der Waals surface area (Å²) in [5, 5.41) is 0. The number of aryl methyl sites for hydroxylation is 2. The quantitative estimate of drug-likeness (QED) is 0.822. The van der Waals surface area contributed by atoms with Gasteiger partial charge < -0.3 is 14.9 Å². The summed E-state index contributed by atoms with van der Waals surface area (Å²) < 4.78 is 3.61. The number of hydrogen-bond acceptors (Lipinski definition) is 3. The van der Waals surface area contributed by atoms with Crippen LogP contribution in [0.3, 0.4) is 0 Å². The largest absolute Gasteiger partial charge is 0.398 e. The van der Waals surface area contributed by atoms with Gasteiger partial charge in [0.1, 0.15) is 0 Å². The van der Waals surface area contributed by atoms with Crippen LogP contribution in [0.1, 0.15) is 6.42 Å². The maximum Gasteiger partial charge on any atom is 0.250 e. The Kier molecular flexibility index (Phi) is 3.05. The summed E-state index contributed by atoms with van der Waals surface area (Å²) >= 11 is 0. The molecule has 2 aromatic heterocycles. The Morgan fingerprint density at radius 2 is 2.19 bits per heavy atom. The van der Waals surface area contributed by atoms with Crippen molar-refractivity contribution >= 4 is 5.69 Å². The zero-order valence-corrected chi connectivity index (χ0v) is 8.91. The van der Waals surface area contributed by atoms with Crippen molar-refractivity contribution in [1.82, 2.24) is 14.1 Å². The second kappa shape index (κ2) is 4.65. The van der Waals surface area contributed by atoms with E-state index in [1.54, 1.807) is 29.4 Å². The zero-order chi connectivity index (χ0) is 11.4. The fourth-order valence-electron chi connectivity index (χ4n) is 1.57. The second-order valence-electron chi connectivity index (χ2n) is 3.65. The fourth-order valence-corrected chi connectivity index (χ4v) is 1.57. The Morgan fingerprint density at radius 1 is 1.31 bits per heavy atom. The molecule has 0 atom stereocenters. The molecule has 2 rings (SSSR count). The van der Waals surface area contributed by atoms with Crippen LogP contribution in [0.25, 0.3) is 0 Å². The average Bonchev–Trinajstić information content (AvgIpc) is 2.76. The smallest absolute Gasteiger partial charge is 0.250 e. The van der Waals surface area contributed by atoms with Crippen molar-refractivity contribution in [3.8, 4) is 0 Å². The van der Waals surface area contributed by atoms with Gasteiger partial charge in [0.15, 0.2) is 0 Å². The first kappa shape index (κ1) is 10.5. The van der Waals surface area contributed by atoms with Crippen LogP contribution in [-0.4, -0.2) is 14.1 Å². The highest BCUT2D eigenvalue weighted by Crippen LogP contribution is 1.98. The summed E-state index contributed by atoms with van der Waals surface area (Å²) in [7, 11) is 0. The van der Waals surface area contributed by atoms with Crippen molar-refractivity contribution in [3.63, 3.8) is 0 Å². The average molecular weight is 218 g/mol. The monoisotopic (exact) mass is 218 g/mol. The number of rotatable bonds is 4. The molecule has 0 bridgehead atoms. The lowest BCUT2D eigenvalue weighted by molar-refractivity contribution is 0.553. The summed E-state index contributed by atoms with van der Waals surface area (Å²) in [6, 6.07) is 3.11. The van der Waals surface area contributed by atoms with Crippen molar-refractivity contribution in [2.45, 2.75) is 19.5 Å². The van der Waals surface area contributed by atoms with Gasteiger partial charge in [-0.05, 0) is 12.5 Å². The zero-order valence-electron chi connectivity index (χ0n) is 8.91. The van der Waals surface area contributed by atoms with E-state index in [4.69, 9.17) is 5.73 Å². The molecule has 0 amide bonds. The topological polar surface area (TPSA) is 65.8 Å². The molecule has 0 saturated carbocycles. The molecule has 0 radical (unpaired) electrons. The van der Waals surface area contributed by atoms with Crippen molar-refractivity contribution in [3.05, 3.63) is 47.4 Å². The minimum atomic E-state index is -0.0140. The van der Waals surface area contributed by atoms with Crippen LogP contribution >= 0.6 is 0 Å². The molecule has 84 valence electrons. The lowest BCUT2D eigenvalue weighted by atomic mass is 10.3. The minimum absolute atomic E-state index is 0.0140. The Bertz CT molecular complexity index is 501. The van der Waals surface area contributed by atoms with E-state index in [2.05, 4.69) is 4.98 Å². The molecule has 2 heterocycles. The van der Waals surface area contributed by atoms with Gasteiger partial charge in [-0.3, -0.25) is 4.79 Å². The maximum atomic E-state index is 11.5. The summed E-state index contributed by atoms with van der Waals surface area (Å²) in [6.07, 6.45) is 7.97. The van der Waals surface area contributed by atoms with Gasteiger partial charge in [-0.15, -0.1) is 0 Å². The highest BCUT2D eigenvalue weighted by atomic mass is 16.1. The van der Waals surface area contributed by atoms with Gasteiger partial charge in [0.25, 0.3) is 5.56 Å². The van der Waals surface area contributed by atoms with Crippen LogP contribution < -0.4 is 11.3 Å². The Morgan fingerprint density at radius 3 is 2.94 bits per heavy atom. The molecule has 5 nitrogen and oxygen atoms in total. The van der Waals surface area contributed by atoms with E-state index in [9.17, 15) is 4.79 Å². The standard InChI is InChI=1S/C11H14N4O/c12-10-2-3-11(16)15(8-10)6-1-5-14-7-4-13-9-14/h2-4,7-9H,1,5-6,12H2. The number of aromatic nitrogens is 3. The summed E-state index contributed by atoms with van der Waals surface area (Å²) in [5.74, 6) is 0. The third-order valence-electron chi connectivity index (χ3n) is 2.38. The van der Waals surface area contributed by atoms with E-state index in [0.29, 0.717) is 12.2 Å². The highest BCUT2D eigenvalue weighted by molar-refractivity contribution is 5.33. The lowest BCUT2D eigenvalue weighted by Gasteiger charge is -2.06. The van der Waals surface area contributed by atoms with E-state index in [1.807, 2.05) is 10.8 Å². The first-order chi connectivity index (χ1) is 7.75. The predicted octanol–water partition coefficient (Wildman–Crippen LogP) is 0.717. The number of nitrogens with two attached hydrogens (primary N) is 1. The van der Waals surface area contributed by atoms with Gasteiger partial charge in [0.2, 0.25) is 0 Å². The summed E-state index contributed by atoms with van der Waals surface area (Å²) in [6.45, 7) is 1.52. The third-order valence-corrected chi connectivity index (χ3v) is 2.38. The van der Waals surface area contributed by atoms with Crippen LogP contribution in [0, 0.1) is 0 Å². The van der Waals surface area contributed by atoms with Crippen molar-refractivity contribution in [2.24, 2.45) is 0 Å². The number of pyridine rings is 1. The van der Waals surface area contributed by atoms with E-state index < -0.39 is 0 Å². The second-order valence-corrected chi connectivity index (χ2v) is 3.65. The molecular formula is C11H14N4O. The van der Waals surface area contributed by atoms with Crippen LogP contribution in [0.15, 0.2) is 41.8 Å². The molecule has 16 heavy (non-hydrogen) atoms. The van der Waals surface area contributed by atoms with Gasteiger partial charge in [-0.2, -0.15) is 0 Å². The normalized spacial score (nSPS) is 10.5. The summed E-state index contributed by atoms with van der Waals surface area (Å²) in [5.41, 5.74) is 6.22. The fraction of sp³-hybridized carbons (Fsp3) is 0.273. The molecule has 0 aliphatic carbocycles. The van der Waals surface area contributed by atoms with E-state index in [1.165, 1.54) is 6.07 Å². The van der Waals surface area contributed by atoms with E-state index in [0.717, 1.165) is 13.0 Å². The number of imidazole rings is 1. The Hall–Kier alpha value is -2.04. The Balaban J connectivity index is 1.94. The maximum absolute atomic E-state index is 11.5. The van der Waals surface area contributed by atoms with Gasteiger partial charge in [-0.25, -0.2) is 4.98 Å². The SMILES string of the molecule is Nc1ccc(=O)n(CCCn2ccnc2)c1. The van der Waals surface area contributed by atoms with E-state index >= 15 is 0 Å². The van der Waals surface area contributed by atoms with Crippen LogP contribution in [0.5, 0.6) is 0 Å². The molecule has 0 saturated heterocycles. The third kappa shape index (κ3) is 2.50. The number of nitrogens with zero attached hydrogens (tertiary/aromatic N) is 3. The molecule has 0 aliphatic rings. The Labute approximate surface area is 93.2 Å². The molecular weight excluding hydrogens is 204 g/mol. The van der Waals surface area contributed by atoms with Gasteiger partial charge in [-0.1, -0.05) is 0 Å². The molecule has 2 N–H and O–H groups in total. The number of hydrogen-bond donors (Lipinski definition) is 1.